The number of allylic oxidation sites excluding steroid dienone is 5. The first-order valence-corrected chi connectivity index (χ1v) is 6.90. The third kappa shape index (κ3) is 5.32. The van der Waals surface area contributed by atoms with Crippen molar-refractivity contribution in [3.05, 3.63) is 72.5 Å². The van der Waals surface area contributed by atoms with Crippen molar-refractivity contribution in [2.75, 3.05) is 12.4 Å². The van der Waals surface area contributed by atoms with E-state index in [0.717, 1.165) is 22.4 Å². The lowest BCUT2D eigenvalue weighted by Gasteiger charge is -2.12. The lowest BCUT2D eigenvalue weighted by molar-refractivity contribution is 0.205. The van der Waals surface area contributed by atoms with Crippen LogP contribution < -0.4 is 10.8 Å². The number of hydrogen-bond acceptors (Lipinski definition) is 3. The summed E-state index contributed by atoms with van der Waals surface area (Å²) in [4.78, 5) is 0. The summed E-state index contributed by atoms with van der Waals surface area (Å²) in [5.41, 5.74) is 6.84. The minimum absolute atomic E-state index is 0.227. The molecule has 21 heavy (non-hydrogen) atoms. The first-order chi connectivity index (χ1) is 9.97. The van der Waals surface area contributed by atoms with Crippen LogP contribution in [0.1, 0.15) is 19.4 Å². The van der Waals surface area contributed by atoms with Crippen molar-refractivity contribution in [1.82, 2.24) is 5.48 Å². The van der Waals surface area contributed by atoms with Gasteiger partial charge in [0.1, 0.15) is 0 Å². The molecule has 112 valence electrons. The highest BCUT2D eigenvalue weighted by Gasteiger charge is 2.06. The van der Waals surface area contributed by atoms with E-state index in [4.69, 9.17) is 5.21 Å². The zero-order valence-corrected chi connectivity index (χ0v) is 13.0. The van der Waals surface area contributed by atoms with Gasteiger partial charge in [0.2, 0.25) is 0 Å². The summed E-state index contributed by atoms with van der Waals surface area (Å²) in [6, 6.07) is 8.23. The van der Waals surface area contributed by atoms with E-state index in [1.807, 2.05) is 37.7 Å². The van der Waals surface area contributed by atoms with Gasteiger partial charge in [-0.05, 0) is 42.2 Å². The van der Waals surface area contributed by atoms with Crippen LogP contribution >= 0.6 is 0 Å². The molecule has 0 aliphatic carbocycles. The lowest BCUT2D eigenvalue weighted by atomic mass is 9.93. The average molecular weight is 284 g/mol. The van der Waals surface area contributed by atoms with Crippen molar-refractivity contribution in [2.45, 2.75) is 13.8 Å². The molecule has 0 saturated carbocycles. The molecule has 0 amide bonds. The van der Waals surface area contributed by atoms with Gasteiger partial charge >= 0.3 is 0 Å². The Hall–Kier alpha value is -2.26. The van der Waals surface area contributed by atoms with Crippen molar-refractivity contribution in [2.24, 2.45) is 5.92 Å². The fourth-order valence-electron chi connectivity index (χ4n) is 1.93. The molecule has 1 aromatic carbocycles. The van der Waals surface area contributed by atoms with Crippen LogP contribution in [0.4, 0.5) is 5.69 Å². The third-order valence-electron chi connectivity index (χ3n) is 3.30. The second-order valence-electron chi connectivity index (χ2n) is 5.02. The Bertz CT molecular complexity index is 553. The van der Waals surface area contributed by atoms with E-state index in [2.05, 4.69) is 43.6 Å². The smallest absolute Gasteiger partial charge is 0.0530 e. The predicted octanol–water partition coefficient (Wildman–Crippen LogP) is 4.37. The van der Waals surface area contributed by atoms with Crippen molar-refractivity contribution in [3.63, 3.8) is 0 Å². The van der Waals surface area contributed by atoms with Crippen LogP contribution in [0.3, 0.4) is 0 Å². The molecule has 1 aromatic rings. The molecule has 3 N–H and O–H groups in total. The van der Waals surface area contributed by atoms with Crippen LogP contribution in [0.2, 0.25) is 0 Å². The van der Waals surface area contributed by atoms with E-state index in [-0.39, 0.29) is 5.92 Å². The first kappa shape index (κ1) is 16.8. The molecule has 0 bridgehead atoms. The van der Waals surface area contributed by atoms with Crippen LogP contribution in [-0.2, 0) is 0 Å². The Kier molecular flexibility index (Phi) is 6.50. The van der Waals surface area contributed by atoms with Crippen LogP contribution in [-0.4, -0.2) is 12.3 Å². The number of nitrogens with one attached hydrogen (secondary N) is 2. The van der Waals surface area contributed by atoms with Crippen LogP contribution in [0.15, 0.2) is 66.9 Å². The standard InChI is InChI=1S/C18H24N2O/c1-13(6-7-15(3)20-21)12-14(2)16(4)17-8-10-18(19-5)11-9-17/h6-12,14,19-21H,3-4H2,1-2,5H3/b7-6+,13-12+. The molecular formula is C18H24N2O. The minimum Gasteiger partial charge on any atom is -0.388 e. The highest BCUT2D eigenvalue weighted by molar-refractivity contribution is 5.68. The monoisotopic (exact) mass is 284 g/mol. The van der Waals surface area contributed by atoms with Crippen molar-refractivity contribution >= 4 is 11.3 Å². The molecule has 0 heterocycles. The van der Waals surface area contributed by atoms with E-state index >= 15 is 0 Å². The molecule has 0 aromatic heterocycles. The molecule has 0 aliphatic heterocycles. The Labute approximate surface area is 127 Å². The van der Waals surface area contributed by atoms with Crippen LogP contribution in [0, 0.1) is 5.92 Å². The second kappa shape index (κ2) is 8.12. The topological polar surface area (TPSA) is 44.3 Å². The van der Waals surface area contributed by atoms with Gasteiger partial charge in [-0.25, -0.2) is 0 Å². The average Bonchev–Trinajstić information content (AvgIpc) is 2.51. The Balaban J connectivity index is 2.77. The summed E-state index contributed by atoms with van der Waals surface area (Å²) in [5, 5.41) is 11.8. The normalized spacial score (nSPS) is 13.0. The molecule has 0 aliphatic rings. The first-order valence-electron chi connectivity index (χ1n) is 6.90. The maximum absolute atomic E-state index is 8.67. The summed E-state index contributed by atoms with van der Waals surface area (Å²) in [6.07, 6.45) is 5.76. The van der Waals surface area contributed by atoms with Gasteiger partial charge in [0.25, 0.3) is 0 Å². The van der Waals surface area contributed by atoms with Gasteiger partial charge in [-0.2, -0.15) is 0 Å². The van der Waals surface area contributed by atoms with Gasteiger partial charge in [0.15, 0.2) is 0 Å². The number of benzene rings is 1. The summed E-state index contributed by atoms with van der Waals surface area (Å²) < 4.78 is 0. The van der Waals surface area contributed by atoms with E-state index in [9.17, 15) is 0 Å². The molecule has 0 spiro atoms. The second-order valence-corrected chi connectivity index (χ2v) is 5.02. The van der Waals surface area contributed by atoms with Crippen LogP contribution in [0.5, 0.6) is 0 Å². The fraction of sp³-hybridized carbons (Fsp3) is 0.222. The Morgan fingerprint density at radius 1 is 1.19 bits per heavy atom. The summed E-state index contributed by atoms with van der Waals surface area (Å²) >= 11 is 0. The van der Waals surface area contributed by atoms with E-state index < -0.39 is 0 Å². The molecule has 3 nitrogen and oxygen atoms in total. The molecule has 1 unspecified atom stereocenters. The summed E-state index contributed by atoms with van der Waals surface area (Å²) in [7, 11) is 1.90. The highest BCUT2D eigenvalue weighted by atomic mass is 16.5. The molecule has 0 radical (unpaired) electrons. The quantitative estimate of drug-likeness (QED) is 0.514. The molecule has 0 fully saturated rings. The van der Waals surface area contributed by atoms with Gasteiger partial charge in [0, 0.05) is 12.7 Å². The maximum Gasteiger partial charge on any atom is 0.0530 e. The van der Waals surface area contributed by atoms with Crippen LogP contribution in [0.25, 0.3) is 5.57 Å². The maximum atomic E-state index is 8.67. The number of rotatable bonds is 7. The molecule has 0 saturated heterocycles. The lowest BCUT2D eigenvalue weighted by Crippen LogP contribution is -2.01. The van der Waals surface area contributed by atoms with Gasteiger partial charge in [-0.1, -0.05) is 49.9 Å². The van der Waals surface area contributed by atoms with Gasteiger partial charge < -0.3 is 5.32 Å². The minimum atomic E-state index is 0.227. The number of anilines is 1. The SMILES string of the molecule is C=C(/C=C/C(C)=C/C(C)C(=C)c1ccc(NC)cc1)NO. The van der Waals surface area contributed by atoms with Gasteiger partial charge in [-0.15, -0.1) is 0 Å². The third-order valence-corrected chi connectivity index (χ3v) is 3.30. The molecule has 1 atom stereocenters. The summed E-state index contributed by atoms with van der Waals surface area (Å²) in [6.45, 7) is 11.9. The summed E-state index contributed by atoms with van der Waals surface area (Å²) in [5.74, 6) is 0.227. The zero-order chi connectivity index (χ0) is 15.8. The van der Waals surface area contributed by atoms with Crippen molar-refractivity contribution < 1.29 is 5.21 Å². The predicted molar refractivity (Wildman–Crippen MR) is 91.1 cm³/mol. The highest BCUT2D eigenvalue weighted by Crippen LogP contribution is 2.24. The number of hydrogen-bond donors (Lipinski definition) is 3. The van der Waals surface area contributed by atoms with E-state index in [1.54, 1.807) is 6.08 Å². The molecular weight excluding hydrogens is 260 g/mol. The van der Waals surface area contributed by atoms with Crippen molar-refractivity contribution in [1.29, 1.82) is 0 Å². The van der Waals surface area contributed by atoms with E-state index in [1.165, 1.54) is 0 Å². The van der Waals surface area contributed by atoms with E-state index in [0.29, 0.717) is 5.70 Å². The van der Waals surface area contributed by atoms with Gasteiger partial charge in [0.05, 0.1) is 5.70 Å². The van der Waals surface area contributed by atoms with Gasteiger partial charge in [-0.3, -0.25) is 10.7 Å². The number of hydroxylamine groups is 1. The zero-order valence-electron chi connectivity index (χ0n) is 13.0. The largest absolute Gasteiger partial charge is 0.388 e. The molecule has 1 rings (SSSR count). The van der Waals surface area contributed by atoms with Crippen molar-refractivity contribution in [3.8, 4) is 0 Å². The molecule has 3 heteroatoms. The Morgan fingerprint density at radius 3 is 2.33 bits per heavy atom. The fourth-order valence-corrected chi connectivity index (χ4v) is 1.93. The Morgan fingerprint density at radius 2 is 1.81 bits per heavy atom.